The van der Waals surface area contributed by atoms with E-state index in [9.17, 15) is 14.7 Å². The topological polar surface area (TPSA) is 135 Å². The minimum absolute atomic E-state index is 0.0968. The van der Waals surface area contributed by atoms with Crippen molar-refractivity contribution in [2.24, 2.45) is 15.0 Å². The Balaban J connectivity index is 1.28. The van der Waals surface area contributed by atoms with Gasteiger partial charge in [-0.25, -0.2) is 14.9 Å². The van der Waals surface area contributed by atoms with Gasteiger partial charge in [0.25, 0.3) is 11.8 Å². The fourth-order valence-corrected chi connectivity index (χ4v) is 18.5. The van der Waals surface area contributed by atoms with E-state index < -0.39 is 65.7 Å². The largest absolute Gasteiger partial charge is 0.414 e. The van der Waals surface area contributed by atoms with E-state index in [2.05, 4.69) is 70.4 Å². The fraction of sp³-hybridized carbons (Fsp3) is 0.633. The van der Waals surface area contributed by atoms with Crippen LogP contribution in [0.25, 0.3) is 0 Å². The van der Waals surface area contributed by atoms with Crippen molar-refractivity contribution >= 4 is 47.4 Å². The molecule has 12 nitrogen and oxygen atoms in total. The summed E-state index contributed by atoms with van der Waals surface area (Å²) >= 11 is 0. The third kappa shape index (κ3) is 4.60. The Bertz CT molecular complexity index is 1360. The van der Waals surface area contributed by atoms with Crippen LogP contribution in [0.3, 0.4) is 0 Å². The van der Waals surface area contributed by atoms with E-state index in [0.29, 0.717) is 11.1 Å². The molecule has 0 saturated carbocycles. The van der Waals surface area contributed by atoms with Gasteiger partial charge in [-0.3, -0.25) is 14.6 Å². The highest BCUT2D eigenvalue weighted by Gasteiger charge is 2.62. The first-order valence-corrected chi connectivity index (χ1v) is 19.5. The van der Waals surface area contributed by atoms with Crippen molar-refractivity contribution in [3.05, 3.63) is 35.4 Å². The molecule has 2 fully saturated rings. The molecule has 2 amide bonds. The number of hydrogen-bond acceptors (Lipinski definition) is 11. The van der Waals surface area contributed by atoms with Crippen LogP contribution in [0.15, 0.2) is 39.2 Å². The lowest BCUT2D eigenvalue weighted by Crippen LogP contribution is -2.66. The number of amidine groups is 1. The average molecular weight is 642 g/mol. The molecule has 0 radical (unpaired) electrons. The van der Waals surface area contributed by atoms with Crippen molar-refractivity contribution in [2.75, 3.05) is 6.61 Å². The van der Waals surface area contributed by atoms with Crippen LogP contribution in [0.4, 0.5) is 0 Å². The molecular formula is C30H43N5O7Si2. The number of carbonyl (C=O) groups excluding carboxylic acids is 2. The first-order chi connectivity index (χ1) is 20.8. The average Bonchev–Trinajstić information content (AvgIpc) is 3.60. The summed E-state index contributed by atoms with van der Waals surface area (Å²) in [6.45, 7) is 17.4. The normalized spacial score (nSPS) is 32.4. The maximum absolute atomic E-state index is 13.3. The van der Waals surface area contributed by atoms with E-state index in [-0.39, 0.29) is 34.6 Å². The van der Waals surface area contributed by atoms with Crippen molar-refractivity contribution < 1.29 is 32.4 Å². The van der Waals surface area contributed by atoms with E-state index in [0.717, 1.165) is 4.90 Å². The Hall–Kier alpha value is -2.60. The predicted octanol–water partition coefficient (Wildman–Crippen LogP) is 3.80. The quantitative estimate of drug-likeness (QED) is 0.379. The zero-order valence-electron chi connectivity index (χ0n) is 26.6. The minimum atomic E-state index is -2.97. The maximum Gasteiger partial charge on any atom is 0.335 e. The summed E-state index contributed by atoms with van der Waals surface area (Å²) in [6, 6.07) is 5.96. The van der Waals surface area contributed by atoms with Gasteiger partial charge in [0.15, 0.2) is 18.4 Å². The summed E-state index contributed by atoms with van der Waals surface area (Å²) in [6.07, 6.45) is -0.933. The molecule has 2 saturated heterocycles. The number of benzene rings is 1. The number of hydrogen-bond donors (Lipinski definition) is 1. The van der Waals surface area contributed by atoms with E-state index in [4.69, 9.17) is 17.7 Å². The van der Waals surface area contributed by atoms with Gasteiger partial charge in [-0.05, 0) is 34.3 Å². The molecular weight excluding hydrogens is 599 g/mol. The van der Waals surface area contributed by atoms with Gasteiger partial charge >= 0.3 is 17.1 Å². The van der Waals surface area contributed by atoms with E-state index in [1.165, 1.54) is 6.34 Å². The molecule has 0 aliphatic carbocycles. The number of rotatable bonds is 5. The summed E-state index contributed by atoms with van der Waals surface area (Å²) in [7, 11) is -5.76. The molecule has 0 spiro atoms. The zero-order chi connectivity index (χ0) is 31.7. The van der Waals surface area contributed by atoms with Gasteiger partial charge in [0.2, 0.25) is 0 Å². The second-order valence-corrected chi connectivity index (χ2v) is 22.3. The number of carbonyl (C=O) groups is 2. The highest BCUT2D eigenvalue weighted by Crippen LogP contribution is 2.48. The number of aliphatic hydroxyl groups is 1. The van der Waals surface area contributed by atoms with Crippen molar-refractivity contribution in [1.29, 1.82) is 0 Å². The number of fused-ring (bicyclic) bond motifs is 3. The third-order valence-corrected chi connectivity index (χ3v) is 19.8. The van der Waals surface area contributed by atoms with Crippen LogP contribution in [0, 0.1) is 0 Å². The first-order valence-electron chi connectivity index (χ1n) is 15.6. The molecule has 5 aliphatic rings. The maximum atomic E-state index is 13.3. The SMILES string of the molecule is CC(C)[Si]1(C(C)C)OC[C@H]2O[C@@H](N3C=N[C@@H]4C(N5C(=O)c6ccccc6C5=O)=NC=N[C@@H]43)[C@H](O)[C@@H]2O[Si](C(C)C)(C(C)C)O1. The lowest BCUT2D eigenvalue weighted by atomic mass is 10.1. The Morgan fingerprint density at radius 2 is 1.48 bits per heavy atom. The number of ether oxygens (including phenoxy) is 1. The molecule has 0 aromatic heterocycles. The van der Waals surface area contributed by atoms with Gasteiger partial charge < -0.3 is 27.7 Å². The molecule has 0 bridgehead atoms. The number of imide groups is 1. The molecule has 238 valence electrons. The molecule has 5 aliphatic heterocycles. The van der Waals surface area contributed by atoms with Crippen LogP contribution >= 0.6 is 0 Å². The predicted molar refractivity (Wildman–Crippen MR) is 169 cm³/mol. The van der Waals surface area contributed by atoms with Crippen molar-refractivity contribution in [3.8, 4) is 0 Å². The number of amides is 2. The molecule has 0 unspecified atom stereocenters. The molecule has 1 N–H and O–H groups in total. The minimum Gasteiger partial charge on any atom is -0.414 e. The van der Waals surface area contributed by atoms with Crippen molar-refractivity contribution in [2.45, 2.75) is 114 Å². The van der Waals surface area contributed by atoms with Crippen LogP contribution in [-0.2, 0) is 17.7 Å². The summed E-state index contributed by atoms with van der Waals surface area (Å²) in [5.74, 6) is -0.697. The molecule has 1 aromatic carbocycles. The van der Waals surface area contributed by atoms with E-state index in [1.54, 1.807) is 35.5 Å². The van der Waals surface area contributed by atoms with Crippen molar-refractivity contribution in [3.63, 3.8) is 0 Å². The van der Waals surface area contributed by atoms with Gasteiger partial charge in [-0.2, -0.15) is 0 Å². The first kappa shape index (κ1) is 31.4. The van der Waals surface area contributed by atoms with Crippen LogP contribution in [0.5, 0.6) is 0 Å². The second kappa shape index (κ2) is 11.3. The molecule has 5 heterocycles. The highest BCUT2D eigenvalue weighted by molar-refractivity contribution is 6.84. The Morgan fingerprint density at radius 1 is 0.886 bits per heavy atom. The molecule has 6 atom stereocenters. The third-order valence-electron chi connectivity index (χ3n) is 9.58. The summed E-state index contributed by atoms with van der Waals surface area (Å²) in [4.78, 5) is 42.8. The second-order valence-electron chi connectivity index (χ2n) is 13.4. The standard InChI is InChI=1S/C30H43N5O7Si2/c1-16(2)43(17(3)4)39-13-22-25(41-44(42-43,18(5)6)19(7)8)24(36)30(40-22)34-15-33-23-26(34)31-14-32-27(23)35-28(37)20-11-9-10-12-21(20)29(35)38/h9-12,14-19,22-26,30,36H,13H2,1-8H3/t22-,23+,24-,25-,26-,30-/m1/s1. The Morgan fingerprint density at radius 3 is 2.05 bits per heavy atom. The van der Waals surface area contributed by atoms with E-state index in [1.807, 2.05) is 0 Å². The van der Waals surface area contributed by atoms with Crippen molar-refractivity contribution in [1.82, 2.24) is 9.80 Å². The van der Waals surface area contributed by atoms with Crippen LogP contribution in [-0.4, -0.2) is 106 Å². The molecule has 44 heavy (non-hydrogen) atoms. The monoisotopic (exact) mass is 641 g/mol. The van der Waals surface area contributed by atoms with Crippen LogP contribution < -0.4 is 0 Å². The van der Waals surface area contributed by atoms with Gasteiger partial charge in [0, 0.05) is 0 Å². The highest BCUT2D eigenvalue weighted by atomic mass is 28.5. The van der Waals surface area contributed by atoms with Gasteiger partial charge in [-0.15, -0.1) is 0 Å². The number of aliphatic hydroxyl groups excluding tert-OH is 1. The van der Waals surface area contributed by atoms with E-state index >= 15 is 0 Å². The lowest BCUT2D eigenvalue weighted by molar-refractivity contribution is -0.0797. The van der Waals surface area contributed by atoms with Gasteiger partial charge in [-0.1, -0.05) is 67.5 Å². The fourth-order valence-electron chi connectivity index (χ4n) is 7.24. The Labute approximate surface area is 260 Å². The summed E-state index contributed by atoms with van der Waals surface area (Å²) < 4.78 is 27.7. The summed E-state index contributed by atoms with van der Waals surface area (Å²) in [5.41, 5.74) is 1.20. The lowest BCUT2D eigenvalue weighted by Gasteiger charge is -2.51. The van der Waals surface area contributed by atoms with Crippen LogP contribution in [0.2, 0.25) is 22.2 Å². The number of nitrogens with zero attached hydrogens (tertiary/aromatic N) is 5. The van der Waals surface area contributed by atoms with Gasteiger partial charge in [0.1, 0.15) is 30.5 Å². The smallest absolute Gasteiger partial charge is 0.335 e. The molecule has 14 heteroatoms. The molecule has 6 rings (SSSR count). The number of aliphatic imine (C=N–C) groups is 3. The van der Waals surface area contributed by atoms with Crippen LogP contribution in [0.1, 0.15) is 76.1 Å². The van der Waals surface area contributed by atoms with Gasteiger partial charge in [0.05, 0.1) is 24.1 Å². The summed E-state index contributed by atoms with van der Waals surface area (Å²) in [5, 5.41) is 11.8. The zero-order valence-corrected chi connectivity index (χ0v) is 28.6. The Kier molecular flexibility index (Phi) is 8.08. The molecule has 1 aromatic rings.